The van der Waals surface area contributed by atoms with Crippen LogP contribution < -0.4 is 10.6 Å². The van der Waals surface area contributed by atoms with Crippen molar-refractivity contribution in [3.8, 4) is 0 Å². The zero-order valence-electron chi connectivity index (χ0n) is 12.1. The molecular formula is C13H28N2O2. The number of carbonyl (C=O) groups is 1. The van der Waals surface area contributed by atoms with Crippen LogP contribution in [0, 0.1) is 0 Å². The lowest BCUT2D eigenvalue weighted by Gasteiger charge is -2.26. The van der Waals surface area contributed by atoms with E-state index in [1.165, 1.54) is 0 Å². The largest absolute Gasteiger partial charge is 0.377 e. The van der Waals surface area contributed by atoms with Gasteiger partial charge in [-0.1, -0.05) is 6.92 Å². The van der Waals surface area contributed by atoms with Crippen molar-refractivity contribution in [3.63, 3.8) is 0 Å². The molecule has 1 amide bonds. The minimum absolute atomic E-state index is 0.0430. The number of amides is 1. The summed E-state index contributed by atoms with van der Waals surface area (Å²) in [5.74, 6) is 0.0430. The zero-order chi connectivity index (χ0) is 13.5. The summed E-state index contributed by atoms with van der Waals surface area (Å²) in [6, 6.07) is -0.184. The SMILES string of the molecule is CCC(C)(C)NC(=O)C(C)NCCOC(C)C. The van der Waals surface area contributed by atoms with Gasteiger partial charge in [0.05, 0.1) is 18.8 Å². The van der Waals surface area contributed by atoms with Crippen LogP contribution in [-0.2, 0) is 9.53 Å². The third kappa shape index (κ3) is 8.16. The molecular weight excluding hydrogens is 216 g/mol. The third-order valence-electron chi connectivity index (χ3n) is 2.74. The summed E-state index contributed by atoms with van der Waals surface area (Å²) >= 11 is 0. The number of hydrogen-bond donors (Lipinski definition) is 2. The van der Waals surface area contributed by atoms with Crippen LogP contribution in [0.3, 0.4) is 0 Å². The van der Waals surface area contributed by atoms with Crippen LogP contribution in [0.2, 0.25) is 0 Å². The van der Waals surface area contributed by atoms with E-state index < -0.39 is 0 Å². The second kappa shape index (κ2) is 7.67. The van der Waals surface area contributed by atoms with Gasteiger partial charge in [-0.25, -0.2) is 0 Å². The molecule has 0 aliphatic heterocycles. The highest BCUT2D eigenvalue weighted by Gasteiger charge is 2.21. The Morgan fingerprint density at radius 3 is 2.35 bits per heavy atom. The Kier molecular flexibility index (Phi) is 7.39. The van der Waals surface area contributed by atoms with E-state index in [0.717, 1.165) is 6.42 Å². The van der Waals surface area contributed by atoms with E-state index in [-0.39, 0.29) is 23.6 Å². The molecule has 0 saturated carbocycles. The van der Waals surface area contributed by atoms with Crippen LogP contribution in [0.25, 0.3) is 0 Å². The average Bonchev–Trinajstić information content (AvgIpc) is 2.23. The van der Waals surface area contributed by atoms with E-state index in [1.807, 2.05) is 34.6 Å². The van der Waals surface area contributed by atoms with Gasteiger partial charge in [0.1, 0.15) is 0 Å². The maximum atomic E-state index is 11.8. The van der Waals surface area contributed by atoms with Crippen LogP contribution in [-0.4, -0.2) is 36.7 Å². The Balaban J connectivity index is 3.82. The smallest absolute Gasteiger partial charge is 0.237 e. The molecule has 0 aliphatic carbocycles. The van der Waals surface area contributed by atoms with Crippen molar-refractivity contribution in [1.82, 2.24) is 10.6 Å². The first-order chi connectivity index (χ1) is 7.78. The zero-order valence-corrected chi connectivity index (χ0v) is 12.1. The van der Waals surface area contributed by atoms with Gasteiger partial charge < -0.3 is 15.4 Å². The summed E-state index contributed by atoms with van der Waals surface area (Å²) in [4.78, 5) is 11.8. The van der Waals surface area contributed by atoms with Crippen molar-refractivity contribution in [2.24, 2.45) is 0 Å². The molecule has 0 aromatic heterocycles. The van der Waals surface area contributed by atoms with Gasteiger partial charge in [0, 0.05) is 12.1 Å². The van der Waals surface area contributed by atoms with E-state index in [9.17, 15) is 4.79 Å². The highest BCUT2D eigenvalue weighted by Crippen LogP contribution is 2.06. The van der Waals surface area contributed by atoms with Crippen LogP contribution in [0.15, 0.2) is 0 Å². The predicted octanol–water partition coefficient (Wildman–Crippen LogP) is 1.69. The second-order valence-electron chi connectivity index (χ2n) is 5.32. The van der Waals surface area contributed by atoms with E-state index in [0.29, 0.717) is 13.2 Å². The first-order valence-corrected chi connectivity index (χ1v) is 6.45. The minimum atomic E-state index is -0.184. The summed E-state index contributed by atoms with van der Waals surface area (Å²) in [5.41, 5.74) is -0.137. The fraction of sp³-hybridized carbons (Fsp3) is 0.923. The Morgan fingerprint density at radius 1 is 1.29 bits per heavy atom. The molecule has 0 aromatic carbocycles. The Labute approximate surface area is 105 Å². The molecule has 102 valence electrons. The monoisotopic (exact) mass is 244 g/mol. The van der Waals surface area contributed by atoms with Crippen molar-refractivity contribution < 1.29 is 9.53 Å². The predicted molar refractivity (Wildman–Crippen MR) is 71.1 cm³/mol. The lowest BCUT2D eigenvalue weighted by Crippen LogP contribution is -2.51. The van der Waals surface area contributed by atoms with Gasteiger partial charge >= 0.3 is 0 Å². The van der Waals surface area contributed by atoms with Gasteiger partial charge in [-0.3, -0.25) is 4.79 Å². The minimum Gasteiger partial charge on any atom is -0.377 e. The molecule has 4 heteroatoms. The molecule has 1 atom stereocenters. The quantitative estimate of drug-likeness (QED) is 0.639. The van der Waals surface area contributed by atoms with E-state index in [4.69, 9.17) is 4.74 Å². The third-order valence-corrected chi connectivity index (χ3v) is 2.74. The molecule has 0 rings (SSSR count). The fourth-order valence-corrected chi connectivity index (χ4v) is 1.19. The topological polar surface area (TPSA) is 50.4 Å². The van der Waals surface area contributed by atoms with Gasteiger partial charge in [-0.15, -0.1) is 0 Å². The summed E-state index contributed by atoms with van der Waals surface area (Å²) < 4.78 is 5.40. The van der Waals surface area contributed by atoms with E-state index >= 15 is 0 Å². The van der Waals surface area contributed by atoms with Crippen LogP contribution in [0.4, 0.5) is 0 Å². The Morgan fingerprint density at radius 2 is 1.88 bits per heavy atom. The maximum absolute atomic E-state index is 11.8. The van der Waals surface area contributed by atoms with Crippen LogP contribution in [0.5, 0.6) is 0 Å². The maximum Gasteiger partial charge on any atom is 0.237 e. The highest BCUT2D eigenvalue weighted by molar-refractivity contribution is 5.81. The second-order valence-corrected chi connectivity index (χ2v) is 5.32. The van der Waals surface area contributed by atoms with Crippen molar-refractivity contribution in [2.75, 3.05) is 13.2 Å². The molecule has 4 nitrogen and oxygen atoms in total. The fourth-order valence-electron chi connectivity index (χ4n) is 1.19. The first kappa shape index (κ1) is 16.4. The number of carbonyl (C=O) groups excluding carboxylic acids is 1. The molecule has 0 heterocycles. The van der Waals surface area contributed by atoms with Crippen molar-refractivity contribution >= 4 is 5.91 Å². The molecule has 2 N–H and O–H groups in total. The summed E-state index contributed by atoms with van der Waals surface area (Å²) in [6.45, 7) is 13.3. The normalized spacial score (nSPS) is 13.8. The Bertz CT molecular complexity index is 227. The molecule has 0 fully saturated rings. The summed E-state index contributed by atoms with van der Waals surface area (Å²) in [6.07, 6.45) is 1.15. The molecule has 0 radical (unpaired) electrons. The Hall–Kier alpha value is -0.610. The van der Waals surface area contributed by atoms with Gasteiger partial charge in [0.2, 0.25) is 5.91 Å². The standard InChI is InChI=1S/C13H28N2O2/c1-7-13(5,6)15-12(16)11(4)14-8-9-17-10(2)3/h10-11,14H,7-9H2,1-6H3,(H,15,16). The number of hydrogen-bond acceptors (Lipinski definition) is 3. The molecule has 0 bridgehead atoms. The molecule has 0 spiro atoms. The summed E-state index contributed by atoms with van der Waals surface area (Å²) in [5, 5.41) is 6.16. The molecule has 0 saturated heterocycles. The molecule has 17 heavy (non-hydrogen) atoms. The highest BCUT2D eigenvalue weighted by atomic mass is 16.5. The summed E-state index contributed by atoms with van der Waals surface area (Å²) in [7, 11) is 0. The molecule has 0 aromatic rings. The molecule has 1 unspecified atom stereocenters. The average molecular weight is 244 g/mol. The van der Waals surface area contributed by atoms with E-state index in [2.05, 4.69) is 17.6 Å². The first-order valence-electron chi connectivity index (χ1n) is 6.45. The van der Waals surface area contributed by atoms with Crippen LogP contribution in [0.1, 0.15) is 48.0 Å². The van der Waals surface area contributed by atoms with Crippen LogP contribution >= 0.6 is 0 Å². The van der Waals surface area contributed by atoms with Crippen molar-refractivity contribution in [1.29, 1.82) is 0 Å². The van der Waals surface area contributed by atoms with Crippen molar-refractivity contribution in [2.45, 2.75) is 65.6 Å². The molecule has 0 aliphatic rings. The van der Waals surface area contributed by atoms with E-state index in [1.54, 1.807) is 0 Å². The number of ether oxygens (including phenoxy) is 1. The van der Waals surface area contributed by atoms with Crippen molar-refractivity contribution in [3.05, 3.63) is 0 Å². The number of rotatable bonds is 8. The number of nitrogens with one attached hydrogen (secondary N) is 2. The lowest BCUT2D eigenvalue weighted by atomic mass is 10.0. The lowest BCUT2D eigenvalue weighted by molar-refractivity contribution is -0.124. The van der Waals surface area contributed by atoms with Gasteiger partial charge in [0.15, 0.2) is 0 Å². The van der Waals surface area contributed by atoms with Gasteiger partial charge in [-0.05, 0) is 41.0 Å². The van der Waals surface area contributed by atoms with Gasteiger partial charge in [-0.2, -0.15) is 0 Å². The van der Waals surface area contributed by atoms with Gasteiger partial charge in [0.25, 0.3) is 0 Å².